The highest BCUT2D eigenvalue weighted by molar-refractivity contribution is 7.84. The maximum absolute atomic E-state index is 12.3. The second kappa shape index (κ2) is 6.08. The van der Waals surface area contributed by atoms with Crippen molar-refractivity contribution in [1.29, 1.82) is 0 Å². The zero-order valence-electron chi connectivity index (χ0n) is 10.4. The van der Waals surface area contributed by atoms with Crippen LogP contribution in [0.2, 0.25) is 5.02 Å². The molecule has 0 heterocycles. The fourth-order valence-corrected chi connectivity index (χ4v) is 3.10. The van der Waals surface area contributed by atoms with Gasteiger partial charge in [0.2, 0.25) is 0 Å². The summed E-state index contributed by atoms with van der Waals surface area (Å²) in [6, 6.07) is 12.4. The van der Waals surface area contributed by atoms with Gasteiger partial charge < -0.3 is 10.5 Å². The number of anilines is 1. The second-order valence-electron chi connectivity index (χ2n) is 4.02. The van der Waals surface area contributed by atoms with Gasteiger partial charge in [0.25, 0.3) is 0 Å². The van der Waals surface area contributed by atoms with Crippen LogP contribution in [0.1, 0.15) is 5.56 Å². The standard InChI is InChI=1S/C14H14ClNO2S/c1-18-12-3-2-4-13(8-12)19(17)9-10-7-11(16)5-6-14(10)15/h2-8H,9,16H2,1H3. The first-order valence-corrected chi connectivity index (χ1v) is 7.36. The molecule has 0 aliphatic rings. The molecule has 100 valence electrons. The van der Waals surface area contributed by atoms with Crippen molar-refractivity contribution in [2.45, 2.75) is 10.6 Å². The molecule has 2 rings (SSSR count). The molecule has 0 amide bonds. The van der Waals surface area contributed by atoms with Gasteiger partial charge in [-0.15, -0.1) is 0 Å². The molecule has 0 saturated heterocycles. The average Bonchev–Trinajstić information content (AvgIpc) is 2.43. The molecule has 0 bridgehead atoms. The summed E-state index contributed by atoms with van der Waals surface area (Å²) in [6.07, 6.45) is 0. The van der Waals surface area contributed by atoms with Gasteiger partial charge in [-0.1, -0.05) is 17.7 Å². The lowest BCUT2D eigenvalue weighted by Crippen LogP contribution is -1.99. The van der Waals surface area contributed by atoms with E-state index in [4.69, 9.17) is 22.1 Å². The molecule has 0 radical (unpaired) electrons. The monoisotopic (exact) mass is 295 g/mol. The van der Waals surface area contributed by atoms with E-state index in [1.54, 1.807) is 37.4 Å². The molecule has 3 nitrogen and oxygen atoms in total. The van der Waals surface area contributed by atoms with E-state index in [0.29, 0.717) is 27.1 Å². The maximum Gasteiger partial charge on any atom is 0.120 e. The molecule has 2 aromatic rings. The van der Waals surface area contributed by atoms with Gasteiger partial charge in [0, 0.05) is 15.6 Å². The van der Waals surface area contributed by atoms with Gasteiger partial charge in [0.1, 0.15) is 5.75 Å². The van der Waals surface area contributed by atoms with Crippen LogP contribution in [0.25, 0.3) is 0 Å². The van der Waals surface area contributed by atoms with Gasteiger partial charge in [-0.3, -0.25) is 4.21 Å². The number of nitrogens with two attached hydrogens (primary N) is 1. The summed E-state index contributed by atoms with van der Waals surface area (Å²) in [5, 5.41) is 0.574. The Kier molecular flexibility index (Phi) is 4.45. The van der Waals surface area contributed by atoms with Crippen LogP contribution in [-0.4, -0.2) is 11.3 Å². The van der Waals surface area contributed by atoms with Crippen LogP contribution in [0.3, 0.4) is 0 Å². The maximum atomic E-state index is 12.3. The minimum absolute atomic E-state index is 0.330. The summed E-state index contributed by atoms with van der Waals surface area (Å²) in [5.74, 6) is 1.02. The highest BCUT2D eigenvalue weighted by atomic mass is 35.5. The molecule has 2 N–H and O–H groups in total. The van der Waals surface area contributed by atoms with Crippen LogP contribution >= 0.6 is 11.6 Å². The Morgan fingerprint density at radius 3 is 2.79 bits per heavy atom. The Labute approximate surface area is 119 Å². The van der Waals surface area contributed by atoms with E-state index in [1.807, 2.05) is 12.1 Å². The van der Waals surface area contributed by atoms with Crippen molar-refractivity contribution in [1.82, 2.24) is 0 Å². The van der Waals surface area contributed by atoms with Crippen LogP contribution in [0, 0.1) is 0 Å². The third-order valence-corrected chi connectivity index (χ3v) is 4.38. The first kappa shape index (κ1) is 13.9. The molecule has 0 saturated carbocycles. The topological polar surface area (TPSA) is 52.3 Å². The smallest absolute Gasteiger partial charge is 0.120 e. The Balaban J connectivity index is 2.22. The molecule has 1 atom stereocenters. The van der Waals surface area contributed by atoms with E-state index < -0.39 is 10.8 Å². The van der Waals surface area contributed by atoms with Crippen LogP contribution < -0.4 is 10.5 Å². The zero-order valence-corrected chi connectivity index (χ0v) is 12.0. The van der Waals surface area contributed by atoms with Crippen LogP contribution in [0.4, 0.5) is 5.69 Å². The Morgan fingerprint density at radius 2 is 2.05 bits per heavy atom. The lowest BCUT2D eigenvalue weighted by Gasteiger charge is -2.07. The van der Waals surface area contributed by atoms with Crippen molar-refractivity contribution in [2.24, 2.45) is 0 Å². The highest BCUT2D eigenvalue weighted by Gasteiger charge is 2.09. The molecule has 19 heavy (non-hydrogen) atoms. The van der Waals surface area contributed by atoms with Crippen molar-refractivity contribution < 1.29 is 8.95 Å². The van der Waals surface area contributed by atoms with E-state index in [9.17, 15) is 4.21 Å². The van der Waals surface area contributed by atoms with Crippen molar-refractivity contribution >= 4 is 28.1 Å². The first-order chi connectivity index (χ1) is 9.10. The Morgan fingerprint density at radius 1 is 1.26 bits per heavy atom. The van der Waals surface area contributed by atoms with Crippen LogP contribution in [0.15, 0.2) is 47.4 Å². The van der Waals surface area contributed by atoms with E-state index in [-0.39, 0.29) is 0 Å². The van der Waals surface area contributed by atoms with Gasteiger partial charge in [0.05, 0.1) is 23.7 Å². The molecule has 0 aromatic heterocycles. The number of nitrogen functional groups attached to an aromatic ring is 1. The van der Waals surface area contributed by atoms with Crippen molar-refractivity contribution in [3.8, 4) is 5.75 Å². The number of methoxy groups -OCH3 is 1. The summed E-state index contributed by atoms with van der Waals surface area (Å²) in [6.45, 7) is 0. The zero-order chi connectivity index (χ0) is 13.8. The Hall–Kier alpha value is -1.52. The average molecular weight is 296 g/mol. The van der Waals surface area contributed by atoms with E-state index in [1.165, 1.54) is 0 Å². The van der Waals surface area contributed by atoms with Gasteiger partial charge in [0.15, 0.2) is 0 Å². The SMILES string of the molecule is COc1cccc(S(=O)Cc2cc(N)ccc2Cl)c1. The first-order valence-electron chi connectivity index (χ1n) is 5.66. The minimum Gasteiger partial charge on any atom is -0.497 e. The molecule has 0 spiro atoms. The Bertz CT molecular complexity index is 616. The predicted molar refractivity (Wildman–Crippen MR) is 79.0 cm³/mol. The van der Waals surface area contributed by atoms with Gasteiger partial charge in [-0.05, 0) is 42.0 Å². The van der Waals surface area contributed by atoms with E-state index in [2.05, 4.69) is 0 Å². The molecule has 0 fully saturated rings. The molecule has 1 unspecified atom stereocenters. The van der Waals surface area contributed by atoms with Crippen molar-refractivity contribution in [3.63, 3.8) is 0 Å². The molecule has 5 heteroatoms. The van der Waals surface area contributed by atoms with Crippen LogP contribution in [0.5, 0.6) is 5.75 Å². The number of halogens is 1. The molecular formula is C14H14ClNO2S. The number of hydrogen-bond donors (Lipinski definition) is 1. The van der Waals surface area contributed by atoms with Crippen LogP contribution in [-0.2, 0) is 16.6 Å². The summed E-state index contributed by atoms with van der Waals surface area (Å²) in [4.78, 5) is 0.706. The fourth-order valence-electron chi connectivity index (χ4n) is 1.67. The van der Waals surface area contributed by atoms with E-state index in [0.717, 1.165) is 5.56 Å². The summed E-state index contributed by atoms with van der Waals surface area (Å²) < 4.78 is 17.4. The molecule has 0 aliphatic heterocycles. The van der Waals surface area contributed by atoms with E-state index >= 15 is 0 Å². The number of hydrogen-bond acceptors (Lipinski definition) is 3. The lowest BCUT2D eigenvalue weighted by molar-refractivity contribution is 0.413. The van der Waals surface area contributed by atoms with Crippen molar-refractivity contribution in [3.05, 3.63) is 53.1 Å². The normalized spacial score (nSPS) is 12.1. The fraction of sp³-hybridized carbons (Fsp3) is 0.143. The third kappa shape index (κ3) is 3.49. The minimum atomic E-state index is -1.18. The molecule has 0 aliphatic carbocycles. The van der Waals surface area contributed by atoms with Gasteiger partial charge >= 0.3 is 0 Å². The van der Waals surface area contributed by atoms with Gasteiger partial charge in [-0.25, -0.2) is 0 Å². The largest absolute Gasteiger partial charge is 0.497 e. The summed E-state index contributed by atoms with van der Waals surface area (Å²) >= 11 is 6.07. The highest BCUT2D eigenvalue weighted by Crippen LogP contribution is 2.23. The lowest BCUT2D eigenvalue weighted by atomic mass is 10.2. The second-order valence-corrected chi connectivity index (χ2v) is 5.88. The van der Waals surface area contributed by atoms with Crippen molar-refractivity contribution in [2.75, 3.05) is 12.8 Å². The number of rotatable bonds is 4. The number of benzene rings is 2. The molecule has 2 aromatic carbocycles. The number of ether oxygens (including phenoxy) is 1. The predicted octanol–water partition coefficient (Wildman–Crippen LogP) is 3.24. The summed E-state index contributed by atoms with van der Waals surface area (Å²) in [5.41, 5.74) is 7.10. The van der Waals surface area contributed by atoms with Gasteiger partial charge in [-0.2, -0.15) is 0 Å². The molecular weight excluding hydrogens is 282 g/mol. The third-order valence-electron chi connectivity index (χ3n) is 2.66. The quantitative estimate of drug-likeness (QED) is 0.881. The summed E-state index contributed by atoms with van der Waals surface area (Å²) in [7, 11) is 0.395.